The third-order valence-corrected chi connectivity index (χ3v) is 3.48. The molecule has 1 fully saturated rings. The SMILES string of the molecule is NCC(Nc1nccnc1C(N)=O)C1CCCC1. The largest absolute Gasteiger partial charge is 0.364 e. The van der Waals surface area contributed by atoms with Crippen LogP contribution in [0.15, 0.2) is 12.4 Å². The zero-order valence-electron chi connectivity index (χ0n) is 10.3. The van der Waals surface area contributed by atoms with E-state index in [4.69, 9.17) is 11.5 Å². The molecule has 0 radical (unpaired) electrons. The summed E-state index contributed by atoms with van der Waals surface area (Å²) in [5.74, 6) is 0.401. The summed E-state index contributed by atoms with van der Waals surface area (Å²) in [6.45, 7) is 0.513. The van der Waals surface area contributed by atoms with Crippen molar-refractivity contribution in [2.75, 3.05) is 11.9 Å². The van der Waals surface area contributed by atoms with Crippen molar-refractivity contribution >= 4 is 11.7 Å². The molecule has 1 unspecified atom stereocenters. The highest BCUT2D eigenvalue weighted by molar-refractivity contribution is 5.95. The van der Waals surface area contributed by atoms with E-state index in [1.54, 1.807) is 0 Å². The van der Waals surface area contributed by atoms with E-state index >= 15 is 0 Å². The smallest absolute Gasteiger partial charge is 0.271 e. The minimum atomic E-state index is -0.576. The number of nitrogens with two attached hydrogens (primary N) is 2. The van der Waals surface area contributed by atoms with Gasteiger partial charge in [-0.2, -0.15) is 0 Å². The molecule has 6 heteroatoms. The van der Waals surface area contributed by atoms with Crippen LogP contribution in [0.4, 0.5) is 5.82 Å². The minimum Gasteiger partial charge on any atom is -0.364 e. The van der Waals surface area contributed by atoms with Crippen LogP contribution in [0.2, 0.25) is 0 Å². The Labute approximate surface area is 106 Å². The van der Waals surface area contributed by atoms with Crippen LogP contribution in [0.1, 0.15) is 36.2 Å². The Morgan fingerprint density at radius 1 is 1.39 bits per heavy atom. The van der Waals surface area contributed by atoms with Crippen molar-refractivity contribution in [2.24, 2.45) is 17.4 Å². The van der Waals surface area contributed by atoms with Gasteiger partial charge in [-0.25, -0.2) is 9.97 Å². The Kier molecular flexibility index (Phi) is 4.09. The van der Waals surface area contributed by atoms with Crippen LogP contribution in [0.5, 0.6) is 0 Å². The quantitative estimate of drug-likeness (QED) is 0.704. The van der Waals surface area contributed by atoms with Gasteiger partial charge in [0.25, 0.3) is 5.91 Å². The van der Waals surface area contributed by atoms with E-state index in [1.165, 1.54) is 38.1 Å². The first kappa shape index (κ1) is 12.8. The molecule has 1 aromatic rings. The number of hydrogen-bond donors (Lipinski definition) is 3. The molecule has 1 aromatic heterocycles. The number of primary amides is 1. The van der Waals surface area contributed by atoms with Gasteiger partial charge in [-0.15, -0.1) is 0 Å². The molecule has 0 saturated heterocycles. The van der Waals surface area contributed by atoms with Crippen molar-refractivity contribution in [1.82, 2.24) is 9.97 Å². The van der Waals surface area contributed by atoms with Gasteiger partial charge >= 0.3 is 0 Å². The second-order valence-electron chi connectivity index (χ2n) is 4.65. The molecule has 1 amide bonds. The average Bonchev–Trinajstić information content (AvgIpc) is 2.90. The third-order valence-electron chi connectivity index (χ3n) is 3.48. The van der Waals surface area contributed by atoms with Gasteiger partial charge in [-0.1, -0.05) is 12.8 Å². The summed E-state index contributed by atoms with van der Waals surface area (Å²) < 4.78 is 0. The molecular weight excluding hydrogens is 230 g/mol. The fourth-order valence-electron chi connectivity index (χ4n) is 2.53. The number of carbonyl (C=O) groups excluding carboxylic acids is 1. The molecule has 6 nitrogen and oxygen atoms in total. The summed E-state index contributed by atoms with van der Waals surface area (Å²) in [6, 6.07) is 0.127. The number of nitrogens with zero attached hydrogens (tertiary/aromatic N) is 2. The van der Waals surface area contributed by atoms with Crippen LogP contribution in [0, 0.1) is 5.92 Å². The van der Waals surface area contributed by atoms with Gasteiger partial charge in [0.2, 0.25) is 0 Å². The van der Waals surface area contributed by atoms with Gasteiger partial charge in [0.15, 0.2) is 11.5 Å². The molecular formula is C12H19N5O. The second-order valence-corrected chi connectivity index (χ2v) is 4.65. The Morgan fingerprint density at radius 2 is 2.06 bits per heavy atom. The van der Waals surface area contributed by atoms with Gasteiger partial charge < -0.3 is 16.8 Å². The number of hydrogen-bond acceptors (Lipinski definition) is 5. The number of rotatable bonds is 5. The molecule has 5 N–H and O–H groups in total. The standard InChI is InChI=1S/C12H19N5O/c13-7-9(8-3-1-2-4-8)17-12-10(11(14)18)15-5-6-16-12/h5-6,8-9H,1-4,7,13H2,(H2,14,18)(H,16,17). The minimum absolute atomic E-state index is 0.127. The number of carbonyl (C=O) groups is 1. The van der Waals surface area contributed by atoms with Gasteiger partial charge in [0.1, 0.15) is 0 Å². The molecule has 0 bridgehead atoms. The summed E-state index contributed by atoms with van der Waals surface area (Å²) in [7, 11) is 0. The van der Waals surface area contributed by atoms with Crippen molar-refractivity contribution < 1.29 is 4.79 Å². The Hall–Kier alpha value is -1.69. The molecule has 1 heterocycles. The number of nitrogens with one attached hydrogen (secondary N) is 1. The lowest BCUT2D eigenvalue weighted by molar-refractivity contribution is 0.0996. The molecule has 0 aliphatic heterocycles. The second kappa shape index (κ2) is 5.77. The maximum Gasteiger partial charge on any atom is 0.271 e. The highest BCUT2D eigenvalue weighted by atomic mass is 16.1. The Bertz CT molecular complexity index is 417. The highest BCUT2D eigenvalue weighted by Gasteiger charge is 2.25. The van der Waals surface area contributed by atoms with Crippen molar-refractivity contribution in [3.05, 3.63) is 18.1 Å². The van der Waals surface area contributed by atoms with Crippen molar-refractivity contribution in [2.45, 2.75) is 31.7 Å². The zero-order chi connectivity index (χ0) is 13.0. The summed E-state index contributed by atoms with van der Waals surface area (Å²) in [5.41, 5.74) is 11.2. The van der Waals surface area contributed by atoms with Gasteiger partial charge in [-0.05, 0) is 18.8 Å². The average molecular weight is 249 g/mol. The van der Waals surface area contributed by atoms with E-state index in [0.29, 0.717) is 18.3 Å². The molecule has 1 aliphatic carbocycles. The lowest BCUT2D eigenvalue weighted by atomic mass is 9.98. The van der Waals surface area contributed by atoms with Gasteiger partial charge in [0.05, 0.1) is 0 Å². The first-order chi connectivity index (χ1) is 8.72. The predicted octanol–water partition coefficient (Wildman–Crippen LogP) is 0.505. The van der Waals surface area contributed by atoms with Crippen molar-refractivity contribution in [3.63, 3.8) is 0 Å². The summed E-state index contributed by atoms with van der Waals surface area (Å²) in [4.78, 5) is 19.3. The maximum atomic E-state index is 11.3. The topological polar surface area (TPSA) is 107 Å². The summed E-state index contributed by atoms with van der Waals surface area (Å²) >= 11 is 0. The van der Waals surface area contributed by atoms with E-state index in [2.05, 4.69) is 15.3 Å². The fraction of sp³-hybridized carbons (Fsp3) is 0.583. The molecule has 18 heavy (non-hydrogen) atoms. The first-order valence-electron chi connectivity index (χ1n) is 6.29. The molecule has 1 saturated carbocycles. The zero-order valence-corrected chi connectivity index (χ0v) is 10.3. The van der Waals surface area contributed by atoms with E-state index in [9.17, 15) is 4.79 Å². The molecule has 1 aliphatic rings. The first-order valence-corrected chi connectivity index (χ1v) is 6.29. The van der Waals surface area contributed by atoms with E-state index in [-0.39, 0.29) is 11.7 Å². The summed E-state index contributed by atoms with van der Waals surface area (Å²) in [5, 5.41) is 3.22. The maximum absolute atomic E-state index is 11.3. The van der Waals surface area contributed by atoms with Crippen molar-refractivity contribution in [1.29, 1.82) is 0 Å². The van der Waals surface area contributed by atoms with Crippen LogP contribution >= 0.6 is 0 Å². The monoisotopic (exact) mass is 249 g/mol. The van der Waals surface area contributed by atoms with Crippen LogP contribution in [-0.4, -0.2) is 28.5 Å². The Balaban J connectivity index is 2.13. The van der Waals surface area contributed by atoms with Gasteiger partial charge in [-0.3, -0.25) is 4.79 Å². The highest BCUT2D eigenvalue weighted by Crippen LogP contribution is 2.29. The number of aromatic nitrogens is 2. The van der Waals surface area contributed by atoms with E-state index < -0.39 is 5.91 Å². The lowest BCUT2D eigenvalue weighted by Gasteiger charge is -2.24. The summed E-state index contributed by atoms with van der Waals surface area (Å²) in [6.07, 6.45) is 7.81. The molecule has 98 valence electrons. The van der Waals surface area contributed by atoms with E-state index in [1.807, 2.05) is 0 Å². The van der Waals surface area contributed by atoms with Crippen LogP contribution in [0.3, 0.4) is 0 Å². The van der Waals surface area contributed by atoms with Crippen LogP contribution < -0.4 is 16.8 Å². The Morgan fingerprint density at radius 3 is 2.67 bits per heavy atom. The molecule has 1 atom stereocenters. The number of anilines is 1. The van der Waals surface area contributed by atoms with Crippen molar-refractivity contribution in [3.8, 4) is 0 Å². The number of amides is 1. The fourth-order valence-corrected chi connectivity index (χ4v) is 2.53. The third kappa shape index (κ3) is 2.76. The van der Waals surface area contributed by atoms with Crippen LogP contribution in [-0.2, 0) is 0 Å². The van der Waals surface area contributed by atoms with E-state index in [0.717, 1.165) is 0 Å². The molecule has 2 rings (SSSR count). The predicted molar refractivity (Wildman–Crippen MR) is 69.0 cm³/mol. The van der Waals surface area contributed by atoms with Crippen LogP contribution in [0.25, 0.3) is 0 Å². The molecule has 0 spiro atoms. The lowest BCUT2D eigenvalue weighted by Crippen LogP contribution is -2.36. The van der Waals surface area contributed by atoms with Gasteiger partial charge in [0, 0.05) is 25.0 Å². The normalized spacial score (nSPS) is 17.6. The molecule has 0 aromatic carbocycles.